The standard InChI is InChI=1S/C23H26ClN3O3S/c1-5-9-27-22(29)18-8-7-17(24)13-20(18)25-23(27)31-14-21(28)19-12-15(2)26(16(19)3)10-6-11-30-4/h5,7-8,12-13H,1,6,9-11,14H2,2-4H3. The van der Waals surface area contributed by atoms with Gasteiger partial charge in [-0.25, -0.2) is 4.98 Å². The zero-order valence-corrected chi connectivity index (χ0v) is 19.6. The molecule has 2 aromatic heterocycles. The number of Topliss-reactive ketones (excluding diaryl/α,β-unsaturated/α-hetero) is 1. The topological polar surface area (TPSA) is 66.1 Å². The zero-order chi connectivity index (χ0) is 22.5. The fraction of sp³-hybridized carbons (Fsp3) is 0.348. The summed E-state index contributed by atoms with van der Waals surface area (Å²) < 4.78 is 8.81. The van der Waals surface area contributed by atoms with Crippen molar-refractivity contribution in [2.75, 3.05) is 19.5 Å². The molecule has 31 heavy (non-hydrogen) atoms. The van der Waals surface area contributed by atoms with Gasteiger partial charge in [0.1, 0.15) is 0 Å². The number of ketones is 1. The van der Waals surface area contributed by atoms with Gasteiger partial charge in [-0.15, -0.1) is 6.58 Å². The molecule has 8 heteroatoms. The Morgan fingerprint density at radius 3 is 2.77 bits per heavy atom. The van der Waals surface area contributed by atoms with Crippen molar-refractivity contribution in [2.24, 2.45) is 0 Å². The number of carbonyl (C=O) groups is 1. The Hall–Kier alpha value is -2.35. The van der Waals surface area contributed by atoms with Gasteiger partial charge >= 0.3 is 0 Å². The first-order chi connectivity index (χ1) is 14.9. The van der Waals surface area contributed by atoms with Crippen molar-refractivity contribution in [3.05, 3.63) is 69.2 Å². The second-order valence-electron chi connectivity index (χ2n) is 7.25. The van der Waals surface area contributed by atoms with Crippen LogP contribution in [-0.4, -0.2) is 39.4 Å². The summed E-state index contributed by atoms with van der Waals surface area (Å²) in [6.45, 7) is 9.49. The number of rotatable bonds is 10. The maximum absolute atomic E-state index is 13.0. The van der Waals surface area contributed by atoms with Crippen LogP contribution in [0.3, 0.4) is 0 Å². The van der Waals surface area contributed by atoms with Gasteiger partial charge in [-0.05, 0) is 44.5 Å². The van der Waals surface area contributed by atoms with Gasteiger partial charge in [-0.1, -0.05) is 29.4 Å². The molecule has 0 atom stereocenters. The van der Waals surface area contributed by atoms with Crippen molar-refractivity contribution in [3.63, 3.8) is 0 Å². The number of hydrogen-bond donors (Lipinski definition) is 0. The quantitative estimate of drug-likeness (QED) is 0.145. The molecule has 0 radical (unpaired) electrons. The normalized spacial score (nSPS) is 11.2. The highest BCUT2D eigenvalue weighted by molar-refractivity contribution is 7.99. The molecule has 1 aromatic carbocycles. The lowest BCUT2D eigenvalue weighted by Crippen LogP contribution is -2.23. The van der Waals surface area contributed by atoms with Crippen molar-refractivity contribution in [1.29, 1.82) is 0 Å². The van der Waals surface area contributed by atoms with Crippen molar-refractivity contribution in [2.45, 2.75) is 38.5 Å². The van der Waals surface area contributed by atoms with E-state index in [-0.39, 0.29) is 17.1 Å². The number of allylic oxidation sites excluding steroid dienone is 1. The van der Waals surface area contributed by atoms with Crippen LogP contribution in [0.1, 0.15) is 28.2 Å². The Morgan fingerprint density at radius 1 is 1.29 bits per heavy atom. The van der Waals surface area contributed by atoms with Crippen molar-refractivity contribution >= 4 is 40.0 Å². The maximum atomic E-state index is 13.0. The molecular formula is C23H26ClN3O3S. The zero-order valence-electron chi connectivity index (χ0n) is 18.0. The SMILES string of the molecule is C=CCn1c(SCC(=O)c2cc(C)n(CCCOC)c2C)nc2cc(Cl)ccc2c1=O. The van der Waals surface area contributed by atoms with Gasteiger partial charge in [-0.3, -0.25) is 14.2 Å². The first-order valence-corrected chi connectivity index (χ1v) is 11.4. The van der Waals surface area contributed by atoms with E-state index in [0.717, 1.165) is 24.4 Å². The van der Waals surface area contributed by atoms with Crippen LogP contribution in [0.25, 0.3) is 10.9 Å². The minimum Gasteiger partial charge on any atom is -0.385 e. The number of aryl methyl sites for hydroxylation is 1. The number of hydrogen-bond acceptors (Lipinski definition) is 5. The third-order valence-corrected chi connectivity index (χ3v) is 6.34. The molecule has 3 rings (SSSR count). The van der Waals surface area contributed by atoms with Gasteiger partial charge in [0, 0.05) is 48.8 Å². The molecule has 0 bridgehead atoms. The molecule has 0 N–H and O–H groups in total. The molecule has 6 nitrogen and oxygen atoms in total. The highest BCUT2D eigenvalue weighted by Crippen LogP contribution is 2.23. The highest BCUT2D eigenvalue weighted by atomic mass is 35.5. The molecule has 3 aromatic rings. The fourth-order valence-corrected chi connectivity index (χ4v) is 4.63. The van der Waals surface area contributed by atoms with E-state index in [2.05, 4.69) is 16.1 Å². The van der Waals surface area contributed by atoms with Crippen LogP contribution in [0.4, 0.5) is 0 Å². The number of methoxy groups -OCH3 is 1. The number of thioether (sulfide) groups is 1. The molecule has 0 amide bonds. The van der Waals surface area contributed by atoms with Crippen LogP contribution in [0, 0.1) is 13.8 Å². The Balaban J connectivity index is 1.86. The van der Waals surface area contributed by atoms with Gasteiger partial charge in [0.05, 0.1) is 16.7 Å². The fourth-order valence-electron chi connectivity index (χ4n) is 3.58. The molecule has 0 aliphatic carbocycles. The summed E-state index contributed by atoms with van der Waals surface area (Å²) in [5.41, 5.74) is 3.03. The number of halogens is 1. The predicted molar refractivity (Wildman–Crippen MR) is 127 cm³/mol. The average molecular weight is 460 g/mol. The maximum Gasteiger partial charge on any atom is 0.262 e. The van der Waals surface area contributed by atoms with E-state index in [0.29, 0.717) is 39.8 Å². The molecule has 2 heterocycles. The van der Waals surface area contributed by atoms with E-state index in [4.69, 9.17) is 16.3 Å². The minimum atomic E-state index is -0.173. The molecule has 0 fully saturated rings. The third kappa shape index (κ3) is 5.11. The number of carbonyl (C=O) groups excluding carboxylic acids is 1. The van der Waals surface area contributed by atoms with Gasteiger partial charge in [-0.2, -0.15) is 0 Å². The molecule has 0 spiro atoms. The van der Waals surface area contributed by atoms with E-state index in [9.17, 15) is 9.59 Å². The van der Waals surface area contributed by atoms with Crippen LogP contribution < -0.4 is 5.56 Å². The van der Waals surface area contributed by atoms with Crippen LogP contribution in [0.15, 0.2) is 46.9 Å². The van der Waals surface area contributed by atoms with Crippen LogP contribution >= 0.6 is 23.4 Å². The first kappa shape index (κ1) is 23.3. The summed E-state index contributed by atoms with van der Waals surface area (Å²) in [5.74, 6) is 0.180. The largest absolute Gasteiger partial charge is 0.385 e. The minimum absolute atomic E-state index is 0.00156. The predicted octanol–water partition coefficient (Wildman–Crippen LogP) is 4.67. The van der Waals surface area contributed by atoms with Gasteiger partial charge in [0.25, 0.3) is 5.56 Å². The second-order valence-corrected chi connectivity index (χ2v) is 8.63. The summed E-state index contributed by atoms with van der Waals surface area (Å²) in [6, 6.07) is 6.93. The van der Waals surface area contributed by atoms with Gasteiger partial charge in [0.2, 0.25) is 0 Å². The number of benzene rings is 1. The molecule has 0 aliphatic rings. The Labute approximate surface area is 190 Å². The molecule has 0 saturated carbocycles. The number of nitrogens with zero attached hydrogens (tertiary/aromatic N) is 3. The van der Waals surface area contributed by atoms with E-state index in [1.165, 1.54) is 16.3 Å². The molecule has 0 aliphatic heterocycles. The van der Waals surface area contributed by atoms with E-state index in [1.54, 1.807) is 31.4 Å². The Morgan fingerprint density at radius 2 is 2.06 bits per heavy atom. The van der Waals surface area contributed by atoms with Crippen molar-refractivity contribution < 1.29 is 9.53 Å². The Bertz CT molecular complexity index is 1180. The number of ether oxygens (including phenoxy) is 1. The van der Waals surface area contributed by atoms with Crippen molar-refractivity contribution in [3.8, 4) is 0 Å². The lowest BCUT2D eigenvalue weighted by molar-refractivity contribution is 0.102. The smallest absolute Gasteiger partial charge is 0.262 e. The second kappa shape index (κ2) is 10.3. The average Bonchev–Trinajstić information content (AvgIpc) is 3.02. The highest BCUT2D eigenvalue weighted by Gasteiger charge is 2.18. The summed E-state index contributed by atoms with van der Waals surface area (Å²) >= 11 is 7.33. The van der Waals surface area contributed by atoms with Crippen LogP contribution in [-0.2, 0) is 17.8 Å². The Kier molecular flexibility index (Phi) is 7.75. The lowest BCUT2D eigenvalue weighted by atomic mass is 10.2. The monoisotopic (exact) mass is 459 g/mol. The first-order valence-electron chi connectivity index (χ1n) is 10.00. The van der Waals surface area contributed by atoms with Gasteiger partial charge in [0.15, 0.2) is 10.9 Å². The van der Waals surface area contributed by atoms with E-state index in [1.807, 2.05) is 19.9 Å². The number of aromatic nitrogens is 3. The summed E-state index contributed by atoms with van der Waals surface area (Å²) in [6.07, 6.45) is 2.52. The van der Waals surface area contributed by atoms with E-state index >= 15 is 0 Å². The molecular weight excluding hydrogens is 434 g/mol. The van der Waals surface area contributed by atoms with Crippen LogP contribution in [0.2, 0.25) is 5.02 Å². The lowest BCUT2D eigenvalue weighted by Gasteiger charge is -2.12. The molecule has 0 saturated heterocycles. The molecule has 164 valence electrons. The summed E-state index contributed by atoms with van der Waals surface area (Å²) in [7, 11) is 1.68. The van der Waals surface area contributed by atoms with E-state index < -0.39 is 0 Å². The van der Waals surface area contributed by atoms with Crippen molar-refractivity contribution in [1.82, 2.24) is 14.1 Å². The summed E-state index contributed by atoms with van der Waals surface area (Å²) in [4.78, 5) is 30.5. The van der Waals surface area contributed by atoms with Gasteiger partial charge < -0.3 is 9.30 Å². The number of fused-ring (bicyclic) bond motifs is 1. The summed E-state index contributed by atoms with van der Waals surface area (Å²) in [5, 5.41) is 1.47. The molecule has 0 unspecified atom stereocenters. The third-order valence-electron chi connectivity index (χ3n) is 5.13. The van der Waals surface area contributed by atoms with Crippen LogP contribution in [0.5, 0.6) is 0 Å².